The predicted octanol–water partition coefficient (Wildman–Crippen LogP) is 0.916. The summed E-state index contributed by atoms with van der Waals surface area (Å²) < 4.78 is 82.4. The molecule has 0 aliphatic carbocycles. The Morgan fingerprint density at radius 2 is 1.07 bits per heavy atom. The lowest BCUT2D eigenvalue weighted by Crippen LogP contribution is -2.22. The number of hydrogen-bond acceptors (Lipinski definition) is 10. The maximum absolute atomic E-state index is 10.7. The molecule has 0 heterocycles. The number of benzene rings is 1. The summed E-state index contributed by atoms with van der Waals surface area (Å²) in [4.78, 5) is 6.40. The Morgan fingerprint density at radius 1 is 0.700 bits per heavy atom. The Kier molecular flexibility index (Phi) is 15.2. The van der Waals surface area contributed by atoms with Crippen molar-refractivity contribution in [3.05, 3.63) is 45.4 Å². The van der Waals surface area contributed by atoms with Crippen LogP contribution in [-0.2, 0) is 29.7 Å². The molecule has 40 heavy (non-hydrogen) atoms. The summed E-state index contributed by atoms with van der Waals surface area (Å²) in [7, 11) is -8.07. The average Bonchev–Trinajstić information content (AvgIpc) is 2.88. The lowest BCUT2D eigenvalue weighted by molar-refractivity contribution is 0.0963. The molecule has 216 valence electrons. The van der Waals surface area contributed by atoms with Crippen molar-refractivity contribution in [3.8, 4) is 23.6 Å². The third-order valence-corrected chi connectivity index (χ3v) is 6.49. The molecule has 0 unspecified atom stereocenters. The third kappa shape index (κ3) is 13.9. The first-order chi connectivity index (χ1) is 19.0. The quantitative estimate of drug-likeness (QED) is 0.138. The SMILES string of the molecule is [C-]#[N+]/C(C#N)=c1/cc(OCCOCCCCS(=O)(=O)O)/c(=C(\C#N)[N+]#[C-])cc1OCCOCCCCS(=O)(=O)O. The van der Waals surface area contributed by atoms with E-state index in [1.165, 1.54) is 12.1 Å². The molecule has 1 aromatic rings. The Labute approximate surface area is 232 Å². The molecule has 14 nitrogen and oxygen atoms in total. The molecule has 0 fully saturated rings. The molecule has 0 aliphatic rings. The van der Waals surface area contributed by atoms with Crippen molar-refractivity contribution in [3.63, 3.8) is 0 Å². The van der Waals surface area contributed by atoms with Crippen LogP contribution in [0, 0.1) is 35.8 Å². The van der Waals surface area contributed by atoms with Gasteiger partial charge in [-0.2, -0.15) is 16.8 Å². The van der Waals surface area contributed by atoms with E-state index in [1.54, 1.807) is 12.1 Å². The summed E-state index contributed by atoms with van der Waals surface area (Å²) in [5, 5.41) is 19.0. The Morgan fingerprint density at radius 3 is 1.38 bits per heavy atom. The number of unbranched alkanes of at least 4 members (excludes halogenated alkanes) is 2. The minimum absolute atomic E-state index is 0.0347. The van der Waals surface area contributed by atoms with Crippen molar-refractivity contribution in [2.45, 2.75) is 25.7 Å². The molecule has 1 rings (SSSR count). The topological polar surface area (TPSA) is 202 Å². The number of hydrogen-bond donors (Lipinski definition) is 2. The van der Waals surface area contributed by atoms with Gasteiger partial charge in [0.05, 0.1) is 50.0 Å². The van der Waals surface area contributed by atoms with E-state index in [0.717, 1.165) is 0 Å². The van der Waals surface area contributed by atoms with Crippen molar-refractivity contribution in [2.75, 3.05) is 51.1 Å². The number of rotatable bonds is 18. The monoisotopic (exact) mass is 596 g/mol. The standard InChI is InChI=1S/C24H28N4O10S2/c1-27-21(17-25)19-15-24(38-12-10-36-8-4-6-14-40(32,33)34)20(22(18-26)28-2)16-23(19)37-11-9-35-7-3-5-13-39(29,30)31/h15-16H,3-14H2,(H,29,30,31)(H,32,33,34)/b21-19-,22-20+. The molecule has 0 radical (unpaired) electrons. The molecule has 0 amide bonds. The zero-order valence-electron chi connectivity index (χ0n) is 21.4. The van der Waals surface area contributed by atoms with Crippen LogP contribution in [0.2, 0.25) is 0 Å². The summed E-state index contributed by atoms with van der Waals surface area (Å²) in [6.45, 7) is 15.1. The van der Waals surface area contributed by atoms with E-state index in [4.69, 9.17) is 41.2 Å². The highest BCUT2D eigenvalue weighted by molar-refractivity contribution is 7.86. The largest absolute Gasteiger partial charge is 0.492 e. The van der Waals surface area contributed by atoms with Gasteiger partial charge < -0.3 is 18.9 Å². The van der Waals surface area contributed by atoms with Gasteiger partial charge in [-0.1, -0.05) is 0 Å². The first-order valence-corrected chi connectivity index (χ1v) is 15.0. The van der Waals surface area contributed by atoms with E-state index in [1.807, 2.05) is 0 Å². The van der Waals surface area contributed by atoms with E-state index in [9.17, 15) is 27.4 Å². The van der Waals surface area contributed by atoms with Gasteiger partial charge in [0.2, 0.25) is 0 Å². The van der Waals surface area contributed by atoms with E-state index in [0.29, 0.717) is 12.8 Å². The molecule has 0 aromatic heterocycles. The zero-order valence-corrected chi connectivity index (χ0v) is 23.0. The fourth-order valence-corrected chi connectivity index (χ4v) is 4.20. The van der Waals surface area contributed by atoms with Crippen LogP contribution in [-0.4, -0.2) is 77.1 Å². The second-order valence-electron chi connectivity index (χ2n) is 7.90. The van der Waals surface area contributed by atoms with Crippen LogP contribution >= 0.6 is 0 Å². The maximum atomic E-state index is 10.7. The molecule has 2 N–H and O–H groups in total. The van der Waals surface area contributed by atoms with E-state index >= 15 is 0 Å². The minimum Gasteiger partial charge on any atom is -0.492 e. The number of nitrogens with zero attached hydrogens (tertiary/aromatic N) is 4. The lowest BCUT2D eigenvalue weighted by atomic mass is 10.1. The van der Waals surface area contributed by atoms with Gasteiger partial charge in [0.25, 0.3) is 31.6 Å². The normalized spacial score (nSPS) is 12.8. The van der Waals surface area contributed by atoms with Crippen LogP contribution in [0.15, 0.2) is 12.1 Å². The van der Waals surface area contributed by atoms with E-state index in [-0.39, 0.29) is 97.3 Å². The summed E-state index contributed by atoms with van der Waals surface area (Å²) in [6.07, 6.45) is 1.18. The van der Waals surface area contributed by atoms with Crippen LogP contribution in [0.25, 0.3) is 21.1 Å². The molecular formula is C24H28N4O10S2. The first kappa shape index (κ1) is 34.3. The molecule has 0 bridgehead atoms. The van der Waals surface area contributed by atoms with Crippen LogP contribution in [0.5, 0.6) is 11.5 Å². The average molecular weight is 597 g/mol. The summed E-state index contributed by atoms with van der Waals surface area (Å²) in [5.74, 6) is -0.676. The predicted molar refractivity (Wildman–Crippen MR) is 141 cm³/mol. The molecule has 0 spiro atoms. The van der Waals surface area contributed by atoms with Crippen molar-refractivity contribution < 1.29 is 44.9 Å². The zero-order chi connectivity index (χ0) is 30.0. The lowest BCUT2D eigenvalue weighted by Gasteiger charge is -2.13. The fraction of sp³-hybridized carbons (Fsp3) is 0.500. The van der Waals surface area contributed by atoms with Crippen LogP contribution in [0.1, 0.15) is 25.7 Å². The van der Waals surface area contributed by atoms with Crippen molar-refractivity contribution >= 4 is 31.6 Å². The minimum atomic E-state index is -4.03. The molecule has 1 aromatic carbocycles. The van der Waals surface area contributed by atoms with Gasteiger partial charge in [0.1, 0.15) is 24.7 Å². The van der Waals surface area contributed by atoms with Crippen molar-refractivity contribution in [1.29, 1.82) is 10.5 Å². The van der Waals surface area contributed by atoms with Crippen LogP contribution in [0.3, 0.4) is 0 Å². The summed E-state index contributed by atoms with van der Waals surface area (Å²) in [6, 6.07) is 6.15. The highest BCUT2D eigenvalue weighted by atomic mass is 32.2. The maximum Gasteiger partial charge on any atom is 0.272 e. The highest BCUT2D eigenvalue weighted by Gasteiger charge is 2.12. The van der Waals surface area contributed by atoms with E-state index in [2.05, 4.69) is 9.69 Å². The van der Waals surface area contributed by atoms with Gasteiger partial charge in [-0.3, -0.25) is 9.11 Å². The van der Waals surface area contributed by atoms with Gasteiger partial charge in [-0.15, -0.1) is 0 Å². The Balaban J connectivity index is 2.98. The van der Waals surface area contributed by atoms with Gasteiger partial charge in [-0.05, 0) is 37.8 Å². The van der Waals surface area contributed by atoms with E-state index < -0.39 is 20.2 Å². The van der Waals surface area contributed by atoms with Crippen molar-refractivity contribution in [2.24, 2.45) is 0 Å². The van der Waals surface area contributed by atoms with Crippen LogP contribution < -0.4 is 19.9 Å². The number of ether oxygens (including phenoxy) is 4. The smallest absolute Gasteiger partial charge is 0.272 e. The molecule has 0 saturated carbocycles. The van der Waals surface area contributed by atoms with Gasteiger partial charge >= 0.3 is 0 Å². The summed E-state index contributed by atoms with van der Waals surface area (Å²) >= 11 is 0. The third-order valence-electron chi connectivity index (χ3n) is 4.88. The van der Waals surface area contributed by atoms with Crippen LogP contribution in [0.4, 0.5) is 0 Å². The molecule has 16 heteroatoms. The fourth-order valence-electron chi connectivity index (χ4n) is 3.06. The number of nitriles is 2. The second-order valence-corrected chi connectivity index (χ2v) is 11.0. The first-order valence-electron chi connectivity index (χ1n) is 11.7. The van der Waals surface area contributed by atoms with Gasteiger partial charge in [0.15, 0.2) is 0 Å². The van der Waals surface area contributed by atoms with Gasteiger partial charge in [-0.25, -0.2) is 20.2 Å². The highest BCUT2D eigenvalue weighted by Crippen LogP contribution is 2.13. The second kappa shape index (κ2) is 17.8. The summed E-state index contributed by atoms with van der Waals surface area (Å²) in [5.41, 5.74) is -0.650. The molecule has 0 atom stereocenters. The van der Waals surface area contributed by atoms with Crippen molar-refractivity contribution in [1.82, 2.24) is 0 Å². The Hall–Kier alpha value is -3.74. The molecular weight excluding hydrogens is 568 g/mol. The van der Waals surface area contributed by atoms with Gasteiger partial charge in [0, 0.05) is 23.7 Å². The molecule has 0 saturated heterocycles. The molecule has 0 aliphatic heterocycles. The Bertz CT molecular complexity index is 1370.